The van der Waals surface area contributed by atoms with Crippen LogP contribution in [0.5, 0.6) is 0 Å². The van der Waals surface area contributed by atoms with Crippen LogP contribution in [0.25, 0.3) is 0 Å². The zero-order valence-electron chi connectivity index (χ0n) is 10.3. The highest BCUT2D eigenvalue weighted by Gasteiger charge is 2.20. The molecule has 0 aliphatic heterocycles. The molecule has 2 aromatic rings. The predicted molar refractivity (Wildman–Crippen MR) is 70.4 cm³/mol. The van der Waals surface area contributed by atoms with E-state index in [4.69, 9.17) is 11.6 Å². The summed E-state index contributed by atoms with van der Waals surface area (Å²) < 4.78 is 14.8. The lowest BCUT2D eigenvalue weighted by Crippen LogP contribution is -2.16. The van der Waals surface area contributed by atoms with Crippen molar-refractivity contribution in [3.05, 3.63) is 46.8 Å². The third-order valence-electron chi connectivity index (χ3n) is 3.05. The molecule has 0 atom stereocenters. The number of rotatable bonds is 5. The number of halogens is 2. The molecule has 100 valence electrons. The molecule has 1 aliphatic carbocycles. The maximum Gasteiger partial charge on any atom is 0.164 e. The van der Waals surface area contributed by atoms with Gasteiger partial charge in [0.05, 0.1) is 13.1 Å². The van der Waals surface area contributed by atoms with Crippen LogP contribution in [0.2, 0.25) is 5.02 Å². The Hall–Kier alpha value is -1.46. The van der Waals surface area contributed by atoms with Gasteiger partial charge in [0.15, 0.2) is 5.82 Å². The molecule has 1 N–H and O–H groups in total. The number of nitrogens with zero attached hydrogens (tertiary/aromatic N) is 3. The van der Waals surface area contributed by atoms with Gasteiger partial charge in [-0.25, -0.2) is 14.1 Å². The van der Waals surface area contributed by atoms with E-state index in [1.807, 2.05) is 0 Å². The quantitative estimate of drug-likeness (QED) is 0.914. The van der Waals surface area contributed by atoms with Crippen LogP contribution in [0.15, 0.2) is 24.5 Å². The first-order valence-corrected chi connectivity index (χ1v) is 6.64. The lowest BCUT2D eigenvalue weighted by molar-refractivity contribution is 0.612. The topological polar surface area (TPSA) is 42.7 Å². The average Bonchev–Trinajstić information content (AvgIpc) is 3.12. The minimum Gasteiger partial charge on any atom is -0.307 e. The average molecular weight is 281 g/mol. The van der Waals surface area contributed by atoms with E-state index in [0.717, 1.165) is 5.82 Å². The van der Waals surface area contributed by atoms with E-state index in [0.29, 0.717) is 29.7 Å². The normalized spacial score (nSPS) is 14.8. The second-order valence-corrected chi connectivity index (χ2v) is 5.16. The molecule has 0 amide bonds. The minimum atomic E-state index is -0.296. The fourth-order valence-corrected chi connectivity index (χ4v) is 2.03. The zero-order chi connectivity index (χ0) is 13.2. The van der Waals surface area contributed by atoms with Crippen molar-refractivity contribution in [2.75, 3.05) is 0 Å². The molecule has 0 bridgehead atoms. The van der Waals surface area contributed by atoms with Crippen LogP contribution < -0.4 is 5.32 Å². The second kappa shape index (κ2) is 5.27. The summed E-state index contributed by atoms with van der Waals surface area (Å²) in [6.45, 7) is 1.10. The Bertz CT molecular complexity index is 580. The van der Waals surface area contributed by atoms with Crippen molar-refractivity contribution in [2.45, 2.75) is 32.0 Å². The third-order valence-corrected chi connectivity index (χ3v) is 3.42. The van der Waals surface area contributed by atoms with Gasteiger partial charge in [-0.05, 0) is 36.6 Å². The third kappa shape index (κ3) is 3.30. The first-order chi connectivity index (χ1) is 9.20. The summed E-state index contributed by atoms with van der Waals surface area (Å²) >= 11 is 6.02. The molecule has 6 heteroatoms. The Labute approximate surface area is 115 Å². The molecular weight excluding hydrogens is 267 g/mol. The predicted octanol–water partition coefficient (Wildman–Crippen LogP) is 2.37. The summed E-state index contributed by atoms with van der Waals surface area (Å²) in [5, 5.41) is 8.22. The summed E-state index contributed by atoms with van der Waals surface area (Å²) in [5.74, 6) is 0.453. The van der Waals surface area contributed by atoms with E-state index in [9.17, 15) is 4.39 Å². The molecule has 3 rings (SSSR count). The van der Waals surface area contributed by atoms with Crippen molar-refractivity contribution in [3.63, 3.8) is 0 Å². The van der Waals surface area contributed by atoms with Crippen LogP contribution in [-0.4, -0.2) is 20.8 Å². The van der Waals surface area contributed by atoms with Gasteiger partial charge in [0.2, 0.25) is 0 Å². The summed E-state index contributed by atoms with van der Waals surface area (Å²) in [4.78, 5) is 4.22. The number of benzene rings is 1. The van der Waals surface area contributed by atoms with Crippen molar-refractivity contribution in [1.29, 1.82) is 0 Å². The highest BCUT2D eigenvalue weighted by Crippen LogP contribution is 2.19. The van der Waals surface area contributed by atoms with E-state index in [1.165, 1.54) is 25.0 Å². The number of hydrogen-bond donors (Lipinski definition) is 1. The van der Waals surface area contributed by atoms with Crippen LogP contribution >= 0.6 is 11.6 Å². The first-order valence-electron chi connectivity index (χ1n) is 6.26. The Morgan fingerprint density at radius 3 is 3.05 bits per heavy atom. The van der Waals surface area contributed by atoms with E-state index >= 15 is 0 Å². The Morgan fingerprint density at radius 2 is 2.26 bits per heavy atom. The summed E-state index contributed by atoms with van der Waals surface area (Å²) in [5.41, 5.74) is 0.702. The summed E-state index contributed by atoms with van der Waals surface area (Å²) in [7, 11) is 0. The van der Waals surface area contributed by atoms with E-state index < -0.39 is 0 Å². The second-order valence-electron chi connectivity index (χ2n) is 4.75. The Balaban J connectivity index is 1.66. The monoisotopic (exact) mass is 280 g/mol. The number of nitrogens with one attached hydrogen (secondary N) is 1. The molecule has 1 aromatic heterocycles. The van der Waals surface area contributed by atoms with Gasteiger partial charge in [-0.3, -0.25) is 0 Å². The van der Waals surface area contributed by atoms with Gasteiger partial charge in [0, 0.05) is 11.1 Å². The van der Waals surface area contributed by atoms with Gasteiger partial charge in [-0.2, -0.15) is 5.10 Å². The van der Waals surface area contributed by atoms with Crippen LogP contribution in [0.3, 0.4) is 0 Å². The van der Waals surface area contributed by atoms with E-state index in [2.05, 4.69) is 15.4 Å². The molecule has 1 heterocycles. The van der Waals surface area contributed by atoms with Crippen molar-refractivity contribution >= 4 is 11.6 Å². The maximum atomic E-state index is 13.2. The van der Waals surface area contributed by atoms with Gasteiger partial charge >= 0.3 is 0 Å². The standard InChI is InChI=1S/C13H14ClFN4/c14-12-4-1-10(15)5-9(12)7-19-8-17-13(18-19)6-16-11-2-3-11/h1,4-5,8,11,16H,2-3,6-7H2. The molecule has 19 heavy (non-hydrogen) atoms. The van der Waals surface area contributed by atoms with Crippen LogP contribution in [0.1, 0.15) is 24.2 Å². The lowest BCUT2D eigenvalue weighted by Gasteiger charge is -2.04. The fraction of sp³-hybridized carbons (Fsp3) is 0.385. The smallest absolute Gasteiger partial charge is 0.164 e. The Kier molecular flexibility index (Phi) is 3.48. The largest absolute Gasteiger partial charge is 0.307 e. The van der Waals surface area contributed by atoms with Gasteiger partial charge in [-0.15, -0.1) is 0 Å². The van der Waals surface area contributed by atoms with Gasteiger partial charge in [0.25, 0.3) is 0 Å². The Morgan fingerprint density at radius 1 is 1.42 bits per heavy atom. The van der Waals surface area contributed by atoms with E-state index in [-0.39, 0.29) is 5.82 Å². The highest BCUT2D eigenvalue weighted by atomic mass is 35.5. The molecule has 0 saturated heterocycles. The van der Waals surface area contributed by atoms with Crippen molar-refractivity contribution < 1.29 is 4.39 Å². The van der Waals surface area contributed by atoms with Crippen molar-refractivity contribution in [2.24, 2.45) is 0 Å². The van der Waals surface area contributed by atoms with Crippen molar-refractivity contribution in [3.8, 4) is 0 Å². The van der Waals surface area contributed by atoms with Crippen LogP contribution in [0, 0.1) is 5.82 Å². The number of aromatic nitrogens is 3. The van der Waals surface area contributed by atoms with Crippen molar-refractivity contribution in [1.82, 2.24) is 20.1 Å². The molecule has 0 spiro atoms. The molecule has 1 fully saturated rings. The van der Waals surface area contributed by atoms with E-state index in [1.54, 1.807) is 17.1 Å². The van der Waals surface area contributed by atoms with Gasteiger partial charge in [0.1, 0.15) is 12.1 Å². The fourth-order valence-electron chi connectivity index (χ4n) is 1.85. The number of hydrogen-bond acceptors (Lipinski definition) is 3. The van der Waals surface area contributed by atoms with Crippen LogP contribution in [-0.2, 0) is 13.1 Å². The zero-order valence-corrected chi connectivity index (χ0v) is 11.1. The SMILES string of the molecule is Fc1ccc(Cl)c(Cn2cnc(CNC3CC3)n2)c1. The molecule has 4 nitrogen and oxygen atoms in total. The molecule has 1 aromatic carbocycles. The molecule has 1 aliphatic rings. The maximum absolute atomic E-state index is 13.2. The molecule has 0 radical (unpaired) electrons. The van der Waals surface area contributed by atoms with Gasteiger partial charge in [-0.1, -0.05) is 11.6 Å². The first kappa shape index (κ1) is 12.6. The highest BCUT2D eigenvalue weighted by molar-refractivity contribution is 6.31. The summed E-state index contributed by atoms with van der Waals surface area (Å²) in [6, 6.07) is 4.95. The van der Waals surface area contributed by atoms with Gasteiger partial charge < -0.3 is 5.32 Å². The molecule has 1 saturated carbocycles. The summed E-state index contributed by atoms with van der Waals surface area (Å²) in [6.07, 6.45) is 4.12. The minimum absolute atomic E-state index is 0.296. The van der Waals surface area contributed by atoms with Crippen LogP contribution in [0.4, 0.5) is 4.39 Å². The molecule has 0 unspecified atom stereocenters. The molecular formula is C13H14ClFN4. The lowest BCUT2D eigenvalue weighted by atomic mass is 10.2.